The second-order valence-corrected chi connectivity index (χ2v) is 7.35. The standard InChI is InChI=1S/C15H26N4O2S/c1-11(2)13-6-17-15(22-13)10-19-4-5-21-12(8-19)7-18(3)9-14(16)20/h6,11-12H,4-5,7-10H2,1-3H3,(H2,16,20). The molecule has 0 spiro atoms. The molecule has 22 heavy (non-hydrogen) atoms. The first-order chi connectivity index (χ1) is 10.4. The number of aromatic nitrogens is 1. The van der Waals surface area contributed by atoms with Crippen LogP contribution in [0.15, 0.2) is 6.20 Å². The molecule has 1 aromatic rings. The van der Waals surface area contributed by atoms with E-state index in [1.54, 1.807) is 11.3 Å². The number of carbonyl (C=O) groups excluding carboxylic acids is 1. The van der Waals surface area contributed by atoms with Gasteiger partial charge in [-0.2, -0.15) is 0 Å². The van der Waals surface area contributed by atoms with Crippen molar-refractivity contribution in [3.8, 4) is 0 Å². The lowest BCUT2D eigenvalue weighted by Gasteiger charge is -2.34. The topological polar surface area (TPSA) is 71.7 Å². The largest absolute Gasteiger partial charge is 0.374 e. The van der Waals surface area contributed by atoms with Crippen molar-refractivity contribution in [2.75, 3.05) is 39.8 Å². The Balaban J connectivity index is 1.83. The van der Waals surface area contributed by atoms with Crippen LogP contribution in [0.25, 0.3) is 0 Å². The summed E-state index contributed by atoms with van der Waals surface area (Å²) in [6, 6.07) is 0. The van der Waals surface area contributed by atoms with Gasteiger partial charge < -0.3 is 10.5 Å². The summed E-state index contributed by atoms with van der Waals surface area (Å²) in [7, 11) is 1.89. The summed E-state index contributed by atoms with van der Waals surface area (Å²) in [5, 5.41) is 1.16. The van der Waals surface area contributed by atoms with Crippen molar-refractivity contribution >= 4 is 17.2 Å². The van der Waals surface area contributed by atoms with Gasteiger partial charge in [0, 0.05) is 30.7 Å². The van der Waals surface area contributed by atoms with E-state index in [0.29, 0.717) is 12.5 Å². The van der Waals surface area contributed by atoms with E-state index in [0.717, 1.165) is 31.2 Å². The molecule has 1 aromatic heterocycles. The molecule has 0 aromatic carbocycles. The van der Waals surface area contributed by atoms with Crippen LogP contribution in [0, 0.1) is 0 Å². The summed E-state index contributed by atoms with van der Waals surface area (Å²) in [5.41, 5.74) is 5.22. The molecule has 1 amide bonds. The Morgan fingerprint density at radius 1 is 1.64 bits per heavy atom. The van der Waals surface area contributed by atoms with Crippen LogP contribution in [-0.2, 0) is 16.1 Å². The second kappa shape index (κ2) is 8.01. The zero-order valence-electron chi connectivity index (χ0n) is 13.6. The summed E-state index contributed by atoms with van der Waals surface area (Å²) in [5.74, 6) is 0.227. The number of morpholine rings is 1. The Labute approximate surface area is 136 Å². The van der Waals surface area contributed by atoms with Crippen LogP contribution < -0.4 is 5.73 Å². The summed E-state index contributed by atoms with van der Waals surface area (Å²) >= 11 is 1.79. The lowest BCUT2D eigenvalue weighted by atomic mass is 10.2. The first kappa shape index (κ1) is 17.3. The highest BCUT2D eigenvalue weighted by molar-refractivity contribution is 7.11. The van der Waals surface area contributed by atoms with Crippen LogP contribution >= 0.6 is 11.3 Å². The molecule has 0 bridgehead atoms. The van der Waals surface area contributed by atoms with Gasteiger partial charge in [-0.05, 0) is 13.0 Å². The number of hydrogen-bond donors (Lipinski definition) is 1. The van der Waals surface area contributed by atoms with E-state index in [9.17, 15) is 4.79 Å². The van der Waals surface area contributed by atoms with Crippen LogP contribution in [-0.4, -0.2) is 66.6 Å². The second-order valence-electron chi connectivity index (χ2n) is 6.20. The fraction of sp³-hybridized carbons (Fsp3) is 0.733. The maximum atomic E-state index is 10.9. The minimum absolute atomic E-state index is 0.114. The highest BCUT2D eigenvalue weighted by atomic mass is 32.1. The average molecular weight is 326 g/mol. The molecule has 124 valence electrons. The first-order valence-electron chi connectivity index (χ1n) is 7.69. The molecule has 1 aliphatic heterocycles. The molecule has 2 heterocycles. The molecule has 7 heteroatoms. The lowest BCUT2D eigenvalue weighted by molar-refractivity contribution is -0.119. The van der Waals surface area contributed by atoms with Gasteiger partial charge in [0.2, 0.25) is 5.91 Å². The van der Waals surface area contributed by atoms with Crippen molar-refractivity contribution in [3.05, 3.63) is 16.1 Å². The quantitative estimate of drug-likeness (QED) is 0.805. The SMILES string of the molecule is CC(C)c1cnc(CN2CCOC(CN(C)CC(N)=O)C2)s1. The number of amides is 1. The molecule has 1 atom stereocenters. The average Bonchev–Trinajstić information content (AvgIpc) is 2.86. The molecule has 0 radical (unpaired) electrons. The number of carbonyl (C=O) groups is 1. The molecule has 2 rings (SSSR count). The van der Waals surface area contributed by atoms with E-state index in [4.69, 9.17) is 10.5 Å². The highest BCUT2D eigenvalue weighted by Gasteiger charge is 2.23. The Bertz CT molecular complexity index is 492. The zero-order chi connectivity index (χ0) is 16.1. The first-order valence-corrected chi connectivity index (χ1v) is 8.51. The van der Waals surface area contributed by atoms with E-state index in [-0.39, 0.29) is 18.6 Å². The summed E-state index contributed by atoms with van der Waals surface area (Å²) in [4.78, 5) is 21.1. The Morgan fingerprint density at radius 2 is 2.41 bits per heavy atom. The smallest absolute Gasteiger partial charge is 0.231 e. The highest BCUT2D eigenvalue weighted by Crippen LogP contribution is 2.23. The van der Waals surface area contributed by atoms with Gasteiger partial charge in [-0.15, -0.1) is 11.3 Å². The van der Waals surface area contributed by atoms with Crippen LogP contribution in [0.3, 0.4) is 0 Å². The molecular formula is C15H26N4O2S. The molecule has 0 saturated carbocycles. The molecule has 1 saturated heterocycles. The summed E-state index contributed by atoms with van der Waals surface area (Å²) in [6.45, 7) is 8.74. The normalized spacial score (nSPS) is 20.0. The van der Waals surface area contributed by atoms with Gasteiger partial charge in [-0.25, -0.2) is 4.98 Å². The van der Waals surface area contributed by atoms with E-state index < -0.39 is 0 Å². The number of primary amides is 1. The fourth-order valence-corrected chi connectivity index (χ4v) is 3.53. The van der Waals surface area contributed by atoms with E-state index in [1.807, 2.05) is 18.1 Å². The van der Waals surface area contributed by atoms with Crippen LogP contribution in [0.4, 0.5) is 0 Å². The molecular weight excluding hydrogens is 300 g/mol. The number of hydrogen-bond acceptors (Lipinski definition) is 6. The van der Waals surface area contributed by atoms with Gasteiger partial charge in [-0.1, -0.05) is 13.8 Å². The minimum Gasteiger partial charge on any atom is -0.374 e. The number of likely N-dealkylation sites (N-methyl/N-ethyl adjacent to an activating group) is 1. The lowest BCUT2D eigenvalue weighted by Crippen LogP contribution is -2.47. The number of ether oxygens (including phenoxy) is 1. The molecule has 6 nitrogen and oxygen atoms in total. The number of thiazole rings is 1. The molecule has 1 unspecified atom stereocenters. The number of nitrogens with two attached hydrogens (primary N) is 1. The van der Waals surface area contributed by atoms with Crippen molar-refractivity contribution < 1.29 is 9.53 Å². The third-order valence-electron chi connectivity index (χ3n) is 3.66. The van der Waals surface area contributed by atoms with Gasteiger partial charge in [0.05, 0.1) is 25.8 Å². The zero-order valence-corrected chi connectivity index (χ0v) is 14.4. The molecule has 1 aliphatic rings. The Hall–Kier alpha value is -1.02. The molecule has 2 N–H and O–H groups in total. The molecule has 0 aliphatic carbocycles. The van der Waals surface area contributed by atoms with Crippen LogP contribution in [0.5, 0.6) is 0 Å². The van der Waals surface area contributed by atoms with Crippen LogP contribution in [0.1, 0.15) is 29.7 Å². The van der Waals surface area contributed by atoms with Crippen molar-refractivity contribution in [1.82, 2.24) is 14.8 Å². The maximum absolute atomic E-state index is 10.9. The third-order valence-corrected chi connectivity index (χ3v) is 4.95. The summed E-state index contributed by atoms with van der Waals surface area (Å²) in [6.07, 6.45) is 2.10. The predicted molar refractivity (Wildman–Crippen MR) is 87.9 cm³/mol. The van der Waals surface area contributed by atoms with Crippen molar-refractivity contribution in [3.63, 3.8) is 0 Å². The monoisotopic (exact) mass is 326 g/mol. The Kier molecular flexibility index (Phi) is 6.31. The third kappa shape index (κ3) is 5.31. The van der Waals surface area contributed by atoms with Gasteiger partial charge in [0.15, 0.2) is 0 Å². The predicted octanol–water partition coefficient (Wildman–Crippen LogP) is 0.884. The number of rotatable bonds is 7. The van der Waals surface area contributed by atoms with Gasteiger partial charge in [-0.3, -0.25) is 14.6 Å². The van der Waals surface area contributed by atoms with Crippen molar-refractivity contribution in [2.45, 2.75) is 32.4 Å². The Morgan fingerprint density at radius 3 is 3.05 bits per heavy atom. The van der Waals surface area contributed by atoms with Gasteiger partial charge in [0.1, 0.15) is 5.01 Å². The molecule has 1 fully saturated rings. The van der Waals surface area contributed by atoms with E-state index in [1.165, 1.54) is 4.88 Å². The van der Waals surface area contributed by atoms with E-state index in [2.05, 4.69) is 23.7 Å². The maximum Gasteiger partial charge on any atom is 0.231 e. The van der Waals surface area contributed by atoms with Gasteiger partial charge >= 0.3 is 0 Å². The minimum atomic E-state index is -0.306. The summed E-state index contributed by atoms with van der Waals surface area (Å²) < 4.78 is 5.79. The van der Waals surface area contributed by atoms with E-state index >= 15 is 0 Å². The van der Waals surface area contributed by atoms with Gasteiger partial charge in [0.25, 0.3) is 0 Å². The van der Waals surface area contributed by atoms with Crippen LogP contribution in [0.2, 0.25) is 0 Å². The van der Waals surface area contributed by atoms with Crippen molar-refractivity contribution in [1.29, 1.82) is 0 Å². The van der Waals surface area contributed by atoms with Crippen molar-refractivity contribution in [2.24, 2.45) is 5.73 Å². The fourth-order valence-electron chi connectivity index (χ4n) is 2.57. The number of nitrogens with zero attached hydrogens (tertiary/aromatic N) is 3.